The van der Waals surface area contributed by atoms with E-state index in [2.05, 4.69) is 24.1 Å². The molecule has 1 rings (SSSR count). The van der Waals surface area contributed by atoms with Crippen LogP contribution < -0.4 is 11.1 Å². The Morgan fingerprint density at radius 1 is 1.56 bits per heavy atom. The first-order valence-corrected chi connectivity index (χ1v) is 5.11. The van der Waals surface area contributed by atoms with Crippen molar-refractivity contribution >= 4 is 11.5 Å². The van der Waals surface area contributed by atoms with E-state index in [4.69, 9.17) is 5.73 Å². The Balaban J connectivity index is 2.71. The lowest BCUT2D eigenvalue weighted by atomic mass is 10.1. The van der Waals surface area contributed by atoms with E-state index in [9.17, 15) is 10.1 Å². The maximum Gasteiger partial charge on any atom is 0.287 e. The number of anilines is 1. The van der Waals surface area contributed by atoms with Gasteiger partial charge >= 0.3 is 0 Å². The van der Waals surface area contributed by atoms with Gasteiger partial charge in [-0.1, -0.05) is 13.8 Å². The van der Waals surface area contributed by atoms with Gasteiger partial charge in [0.2, 0.25) is 0 Å². The van der Waals surface area contributed by atoms with Crippen molar-refractivity contribution in [3.8, 4) is 0 Å². The lowest BCUT2D eigenvalue weighted by Gasteiger charge is -2.20. The zero-order chi connectivity index (χ0) is 12.1. The largest absolute Gasteiger partial charge is 0.366 e. The first-order chi connectivity index (χ1) is 7.54. The summed E-state index contributed by atoms with van der Waals surface area (Å²) in [5, 5.41) is 13.6. The number of nitrogens with one attached hydrogen (secondary N) is 1. The normalized spacial score (nSPS) is 12.5. The van der Waals surface area contributed by atoms with Crippen molar-refractivity contribution in [2.75, 3.05) is 11.9 Å². The van der Waals surface area contributed by atoms with Crippen LogP contribution in [0.4, 0.5) is 11.5 Å². The summed E-state index contributed by atoms with van der Waals surface area (Å²) < 4.78 is 0. The number of nitrogens with zero attached hydrogens (tertiary/aromatic N) is 2. The topological polar surface area (TPSA) is 94.1 Å². The monoisotopic (exact) mass is 224 g/mol. The molecule has 0 fully saturated rings. The third-order valence-corrected chi connectivity index (χ3v) is 2.35. The predicted octanol–water partition coefficient (Wildman–Crippen LogP) is 1.38. The minimum Gasteiger partial charge on any atom is -0.366 e. The summed E-state index contributed by atoms with van der Waals surface area (Å²) >= 11 is 0. The van der Waals surface area contributed by atoms with Crippen LogP contribution in [-0.2, 0) is 0 Å². The van der Waals surface area contributed by atoms with Crippen LogP contribution in [0.15, 0.2) is 18.3 Å². The van der Waals surface area contributed by atoms with Gasteiger partial charge in [0, 0.05) is 18.7 Å². The Morgan fingerprint density at radius 2 is 2.25 bits per heavy atom. The van der Waals surface area contributed by atoms with Crippen LogP contribution in [0.1, 0.15) is 13.8 Å². The molecule has 0 aliphatic heterocycles. The predicted molar refractivity (Wildman–Crippen MR) is 62.2 cm³/mol. The Morgan fingerprint density at radius 3 is 2.62 bits per heavy atom. The quantitative estimate of drug-likeness (QED) is 0.582. The van der Waals surface area contributed by atoms with E-state index in [0.29, 0.717) is 18.3 Å². The average Bonchev–Trinajstić information content (AvgIpc) is 2.26. The van der Waals surface area contributed by atoms with Crippen molar-refractivity contribution in [2.45, 2.75) is 19.9 Å². The third kappa shape index (κ3) is 3.16. The molecule has 0 saturated heterocycles. The fourth-order valence-corrected chi connectivity index (χ4v) is 1.27. The molecule has 0 radical (unpaired) electrons. The zero-order valence-electron chi connectivity index (χ0n) is 9.38. The van der Waals surface area contributed by atoms with Crippen molar-refractivity contribution in [1.82, 2.24) is 4.98 Å². The van der Waals surface area contributed by atoms with Crippen molar-refractivity contribution in [1.29, 1.82) is 0 Å². The van der Waals surface area contributed by atoms with Gasteiger partial charge in [0.25, 0.3) is 5.69 Å². The number of nitro groups is 1. The Hall–Kier alpha value is -1.69. The molecule has 0 spiro atoms. The second kappa shape index (κ2) is 5.41. The van der Waals surface area contributed by atoms with Crippen LogP contribution >= 0.6 is 0 Å². The first kappa shape index (κ1) is 12.4. The molecule has 1 aromatic heterocycles. The van der Waals surface area contributed by atoms with Crippen LogP contribution in [0.25, 0.3) is 0 Å². The summed E-state index contributed by atoms with van der Waals surface area (Å²) in [6.45, 7) is 4.60. The van der Waals surface area contributed by atoms with E-state index in [1.54, 1.807) is 6.07 Å². The van der Waals surface area contributed by atoms with Gasteiger partial charge in [-0.15, -0.1) is 0 Å². The zero-order valence-corrected chi connectivity index (χ0v) is 9.38. The van der Waals surface area contributed by atoms with E-state index in [1.165, 1.54) is 12.3 Å². The van der Waals surface area contributed by atoms with Gasteiger partial charge < -0.3 is 11.1 Å². The molecule has 3 N–H and O–H groups in total. The molecule has 0 amide bonds. The van der Waals surface area contributed by atoms with Gasteiger partial charge in [-0.3, -0.25) is 10.1 Å². The minimum absolute atomic E-state index is 0.0144. The van der Waals surface area contributed by atoms with Gasteiger partial charge in [-0.2, -0.15) is 0 Å². The molecule has 0 aliphatic rings. The molecule has 1 unspecified atom stereocenters. The lowest BCUT2D eigenvalue weighted by Crippen LogP contribution is -2.33. The number of aromatic nitrogens is 1. The Labute approximate surface area is 94.0 Å². The highest BCUT2D eigenvalue weighted by Gasteiger charge is 2.12. The van der Waals surface area contributed by atoms with Gasteiger partial charge in [0.15, 0.2) is 0 Å². The molecule has 6 nitrogen and oxygen atoms in total. The van der Waals surface area contributed by atoms with E-state index in [0.717, 1.165) is 0 Å². The fraction of sp³-hybridized carbons (Fsp3) is 0.500. The minimum atomic E-state index is -0.473. The van der Waals surface area contributed by atoms with Gasteiger partial charge in [-0.25, -0.2) is 4.98 Å². The SMILES string of the molecule is CC(C)C(CN)Nc1ccc([N+](=O)[O-])cn1. The molecule has 1 aromatic rings. The highest BCUT2D eigenvalue weighted by Crippen LogP contribution is 2.14. The number of pyridine rings is 1. The molecule has 6 heteroatoms. The van der Waals surface area contributed by atoms with Crippen LogP contribution in [0.3, 0.4) is 0 Å². The van der Waals surface area contributed by atoms with Crippen molar-refractivity contribution in [2.24, 2.45) is 11.7 Å². The second-order valence-electron chi connectivity index (χ2n) is 3.89. The number of hydrogen-bond acceptors (Lipinski definition) is 5. The van der Waals surface area contributed by atoms with Crippen molar-refractivity contribution in [3.05, 3.63) is 28.4 Å². The molecule has 16 heavy (non-hydrogen) atoms. The summed E-state index contributed by atoms with van der Waals surface area (Å²) in [4.78, 5) is 13.9. The van der Waals surface area contributed by atoms with Gasteiger partial charge in [-0.05, 0) is 12.0 Å². The van der Waals surface area contributed by atoms with E-state index < -0.39 is 4.92 Å². The highest BCUT2D eigenvalue weighted by atomic mass is 16.6. The summed E-state index contributed by atoms with van der Waals surface area (Å²) in [5.41, 5.74) is 5.59. The summed E-state index contributed by atoms with van der Waals surface area (Å²) in [5.74, 6) is 0.983. The molecular weight excluding hydrogens is 208 g/mol. The van der Waals surface area contributed by atoms with Crippen LogP contribution in [-0.4, -0.2) is 22.5 Å². The van der Waals surface area contributed by atoms with Gasteiger partial charge in [0.05, 0.1) is 4.92 Å². The summed E-state index contributed by atoms with van der Waals surface area (Å²) in [6.07, 6.45) is 1.23. The maximum absolute atomic E-state index is 10.4. The molecule has 0 bridgehead atoms. The fourth-order valence-electron chi connectivity index (χ4n) is 1.27. The smallest absolute Gasteiger partial charge is 0.287 e. The second-order valence-corrected chi connectivity index (χ2v) is 3.89. The molecule has 1 atom stereocenters. The average molecular weight is 224 g/mol. The van der Waals surface area contributed by atoms with Gasteiger partial charge in [0.1, 0.15) is 12.0 Å². The Bertz CT molecular complexity index is 350. The lowest BCUT2D eigenvalue weighted by molar-refractivity contribution is -0.385. The van der Waals surface area contributed by atoms with Crippen LogP contribution in [0, 0.1) is 16.0 Å². The third-order valence-electron chi connectivity index (χ3n) is 2.35. The van der Waals surface area contributed by atoms with Crippen molar-refractivity contribution < 1.29 is 4.92 Å². The van der Waals surface area contributed by atoms with E-state index in [-0.39, 0.29) is 11.7 Å². The number of rotatable bonds is 5. The standard InChI is InChI=1S/C10H16N4O2/c1-7(2)9(5-11)13-10-4-3-8(6-12-10)14(15)16/h3-4,6-7,9H,5,11H2,1-2H3,(H,12,13). The molecule has 0 saturated carbocycles. The van der Waals surface area contributed by atoms with E-state index >= 15 is 0 Å². The molecule has 88 valence electrons. The summed E-state index contributed by atoms with van der Waals surface area (Å²) in [7, 11) is 0. The van der Waals surface area contributed by atoms with Crippen molar-refractivity contribution in [3.63, 3.8) is 0 Å². The molecule has 0 aromatic carbocycles. The van der Waals surface area contributed by atoms with Crippen LogP contribution in [0.5, 0.6) is 0 Å². The molecule has 1 heterocycles. The molecule has 0 aliphatic carbocycles. The van der Waals surface area contributed by atoms with E-state index in [1.807, 2.05) is 0 Å². The number of hydrogen-bond donors (Lipinski definition) is 2. The van der Waals surface area contributed by atoms with Crippen LogP contribution in [0.2, 0.25) is 0 Å². The molecular formula is C10H16N4O2. The highest BCUT2D eigenvalue weighted by molar-refractivity contribution is 5.41. The Kier molecular flexibility index (Phi) is 4.19. The number of nitrogens with two attached hydrogens (primary N) is 1. The first-order valence-electron chi connectivity index (χ1n) is 5.11. The maximum atomic E-state index is 10.4. The summed E-state index contributed by atoms with van der Waals surface area (Å²) in [6, 6.07) is 3.13.